The van der Waals surface area contributed by atoms with E-state index in [9.17, 15) is 14.3 Å². The first-order valence-corrected chi connectivity index (χ1v) is 4.67. The predicted octanol–water partition coefficient (Wildman–Crippen LogP) is 2.23. The van der Waals surface area contributed by atoms with Crippen molar-refractivity contribution in [3.8, 4) is 0 Å². The summed E-state index contributed by atoms with van der Waals surface area (Å²) in [4.78, 5) is 10.6. The minimum Gasteiger partial charge on any atom is -0.481 e. The van der Waals surface area contributed by atoms with Crippen LogP contribution in [0.5, 0.6) is 0 Å². The van der Waals surface area contributed by atoms with Gasteiger partial charge in [-0.3, -0.25) is 4.79 Å². The molecule has 82 valence electrons. The molecule has 0 aliphatic carbocycles. The lowest BCUT2D eigenvalue weighted by Crippen LogP contribution is -2.18. The number of rotatable bonds is 3. The summed E-state index contributed by atoms with van der Waals surface area (Å²) in [7, 11) is 0. The van der Waals surface area contributed by atoms with Gasteiger partial charge in [0.1, 0.15) is 5.82 Å². The molecule has 0 saturated heterocycles. The molecule has 0 saturated carbocycles. The Labute approximate surface area is 91.1 Å². The molecule has 1 aromatic rings. The number of hydrogen-bond donors (Lipinski definition) is 2. The first-order chi connectivity index (χ1) is 6.93. The number of hydrogen-bond acceptors (Lipinski definition) is 2. The van der Waals surface area contributed by atoms with Crippen LogP contribution in [0.25, 0.3) is 0 Å². The van der Waals surface area contributed by atoms with Crippen molar-refractivity contribution in [2.24, 2.45) is 5.92 Å². The van der Waals surface area contributed by atoms with Gasteiger partial charge in [-0.05, 0) is 19.1 Å². The maximum Gasteiger partial charge on any atom is 0.309 e. The molecule has 0 heterocycles. The van der Waals surface area contributed by atoms with Gasteiger partial charge in [0.25, 0.3) is 0 Å². The van der Waals surface area contributed by atoms with Gasteiger partial charge in [0, 0.05) is 10.6 Å². The van der Waals surface area contributed by atoms with E-state index in [1.165, 1.54) is 13.0 Å². The zero-order valence-corrected chi connectivity index (χ0v) is 8.70. The van der Waals surface area contributed by atoms with Gasteiger partial charge >= 0.3 is 5.97 Å². The molecule has 1 rings (SSSR count). The number of aliphatic hydroxyl groups is 1. The lowest BCUT2D eigenvalue weighted by Gasteiger charge is -2.16. The van der Waals surface area contributed by atoms with Gasteiger partial charge in [-0.1, -0.05) is 17.7 Å². The van der Waals surface area contributed by atoms with E-state index in [1.54, 1.807) is 0 Å². The van der Waals surface area contributed by atoms with Crippen molar-refractivity contribution in [3.63, 3.8) is 0 Å². The third-order valence-corrected chi connectivity index (χ3v) is 2.47. The molecule has 3 nitrogen and oxygen atoms in total. The first kappa shape index (κ1) is 11.9. The number of aliphatic carboxylic acids is 1. The molecule has 5 heteroatoms. The average molecular weight is 233 g/mol. The number of carboxylic acid groups (broad SMARTS) is 1. The highest BCUT2D eigenvalue weighted by molar-refractivity contribution is 6.31. The number of aliphatic hydroxyl groups excluding tert-OH is 1. The molecule has 0 fully saturated rings. The van der Waals surface area contributed by atoms with Crippen molar-refractivity contribution in [3.05, 3.63) is 34.6 Å². The van der Waals surface area contributed by atoms with Crippen molar-refractivity contribution in [1.29, 1.82) is 0 Å². The Bertz CT molecular complexity index is 381. The smallest absolute Gasteiger partial charge is 0.309 e. The van der Waals surface area contributed by atoms with E-state index in [0.717, 1.165) is 12.1 Å². The van der Waals surface area contributed by atoms with Gasteiger partial charge < -0.3 is 10.2 Å². The van der Waals surface area contributed by atoms with Crippen molar-refractivity contribution < 1.29 is 19.4 Å². The van der Waals surface area contributed by atoms with E-state index < -0.39 is 23.8 Å². The van der Waals surface area contributed by atoms with E-state index in [1.807, 2.05) is 0 Å². The van der Waals surface area contributed by atoms with Crippen molar-refractivity contribution >= 4 is 17.6 Å². The molecule has 0 amide bonds. The molecule has 2 atom stereocenters. The van der Waals surface area contributed by atoms with Gasteiger partial charge in [0.2, 0.25) is 0 Å². The third-order valence-electron chi connectivity index (χ3n) is 2.14. The van der Waals surface area contributed by atoms with Crippen LogP contribution >= 0.6 is 11.6 Å². The Morgan fingerprint density at radius 1 is 1.53 bits per heavy atom. The van der Waals surface area contributed by atoms with Crippen LogP contribution < -0.4 is 0 Å². The Kier molecular flexibility index (Phi) is 3.66. The monoisotopic (exact) mass is 232 g/mol. The summed E-state index contributed by atoms with van der Waals surface area (Å²) < 4.78 is 12.7. The molecular formula is C10H10ClFO3. The quantitative estimate of drug-likeness (QED) is 0.840. The van der Waals surface area contributed by atoms with Crippen LogP contribution in [-0.2, 0) is 4.79 Å². The molecule has 0 radical (unpaired) electrons. The summed E-state index contributed by atoms with van der Waals surface area (Å²) in [6.45, 7) is 1.35. The standard InChI is InChI=1S/C10H10ClFO3/c1-5(10(14)15)9(13)7-3-2-6(12)4-8(7)11/h2-5,9,13H,1H3,(H,14,15). The predicted molar refractivity (Wildman–Crippen MR) is 53.2 cm³/mol. The number of benzene rings is 1. The average Bonchev–Trinajstić information content (AvgIpc) is 2.15. The normalized spacial score (nSPS) is 14.7. The number of halogens is 2. The summed E-state index contributed by atoms with van der Waals surface area (Å²) in [5.74, 6) is -2.66. The van der Waals surface area contributed by atoms with Crippen LogP contribution in [-0.4, -0.2) is 16.2 Å². The van der Waals surface area contributed by atoms with E-state index in [4.69, 9.17) is 16.7 Å². The minimum absolute atomic E-state index is 0.0237. The SMILES string of the molecule is CC(C(=O)O)C(O)c1ccc(F)cc1Cl. The summed E-state index contributed by atoms with van der Waals surface area (Å²) in [5.41, 5.74) is 0.216. The highest BCUT2D eigenvalue weighted by Gasteiger charge is 2.24. The molecule has 2 N–H and O–H groups in total. The first-order valence-electron chi connectivity index (χ1n) is 4.29. The highest BCUT2D eigenvalue weighted by atomic mass is 35.5. The minimum atomic E-state index is -1.24. The molecule has 2 unspecified atom stereocenters. The van der Waals surface area contributed by atoms with Crippen LogP contribution in [0.2, 0.25) is 5.02 Å². The molecule has 0 bridgehead atoms. The lowest BCUT2D eigenvalue weighted by molar-refractivity contribution is -0.145. The Morgan fingerprint density at radius 3 is 2.60 bits per heavy atom. The third kappa shape index (κ3) is 2.67. The van der Waals surface area contributed by atoms with Crippen LogP contribution in [0.1, 0.15) is 18.6 Å². The highest BCUT2D eigenvalue weighted by Crippen LogP contribution is 2.28. The van der Waals surface area contributed by atoms with Crippen molar-refractivity contribution in [2.75, 3.05) is 0 Å². The summed E-state index contributed by atoms with van der Waals surface area (Å²) in [5, 5.41) is 18.3. The second-order valence-electron chi connectivity index (χ2n) is 3.24. The molecule has 1 aromatic carbocycles. The van der Waals surface area contributed by atoms with Gasteiger partial charge in [-0.25, -0.2) is 4.39 Å². The van der Waals surface area contributed by atoms with E-state index in [0.29, 0.717) is 0 Å². The van der Waals surface area contributed by atoms with E-state index in [2.05, 4.69) is 0 Å². The Hall–Kier alpha value is -1.13. The molecule has 0 aromatic heterocycles. The van der Waals surface area contributed by atoms with Gasteiger partial charge in [-0.2, -0.15) is 0 Å². The molecule has 15 heavy (non-hydrogen) atoms. The van der Waals surface area contributed by atoms with Crippen molar-refractivity contribution in [2.45, 2.75) is 13.0 Å². The lowest BCUT2D eigenvalue weighted by atomic mass is 9.97. The second kappa shape index (κ2) is 4.59. The molecule has 0 aliphatic heterocycles. The molecule has 0 aliphatic rings. The number of carbonyl (C=O) groups is 1. The summed E-state index contributed by atoms with van der Waals surface area (Å²) in [6.07, 6.45) is -1.24. The maximum atomic E-state index is 12.7. The van der Waals surface area contributed by atoms with Crippen LogP contribution in [0.4, 0.5) is 4.39 Å². The summed E-state index contributed by atoms with van der Waals surface area (Å²) >= 11 is 5.68. The number of carboxylic acids is 1. The van der Waals surface area contributed by atoms with Crippen LogP contribution in [0.3, 0.4) is 0 Å². The molecule has 0 spiro atoms. The fourth-order valence-corrected chi connectivity index (χ4v) is 1.42. The fraction of sp³-hybridized carbons (Fsp3) is 0.300. The zero-order valence-electron chi connectivity index (χ0n) is 7.95. The van der Waals surface area contributed by atoms with Crippen molar-refractivity contribution in [1.82, 2.24) is 0 Å². The second-order valence-corrected chi connectivity index (χ2v) is 3.64. The van der Waals surface area contributed by atoms with Gasteiger partial charge in [0.05, 0.1) is 12.0 Å². The Balaban J connectivity index is 3.01. The Morgan fingerprint density at radius 2 is 2.13 bits per heavy atom. The molecular weight excluding hydrogens is 223 g/mol. The van der Waals surface area contributed by atoms with Crippen LogP contribution in [0.15, 0.2) is 18.2 Å². The van der Waals surface area contributed by atoms with Gasteiger partial charge in [-0.15, -0.1) is 0 Å². The largest absolute Gasteiger partial charge is 0.481 e. The van der Waals surface area contributed by atoms with Gasteiger partial charge in [0.15, 0.2) is 0 Å². The van der Waals surface area contributed by atoms with E-state index >= 15 is 0 Å². The topological polar surface area (TPSA) is 57.5 Å². The summed E-state index contributed by atoms with van der Waals surface area (Å²) in [6, 6.07) is 3.44. The van der Waals surface area contributed by atoms with Crippen LogP contribution in [0, 0.1) is 11.7 Å². The maximum absolute atomic E-state index is 12.7. The van der Waals surface area contributed by atoms with E-state index in [-0.39, 0.29) is 10.6 Å². The fourth-order valence-electron chi connectivity index (χ4n) is 1.15. The zero-order chi connectivity index (χ0) is 11.6.